The van der Waals surface area contributed by atoms with Crippen molar-refractivity contribution < 1.29 is 4.52 Å². The third-order valence-corrected chi connectivity index (χ3v) is 4.38. The largest absolute Gasteiger partial charge is 0.359 e. The predicted octanol–water partition coefficient (Wildman–Crippen LogP) is 2.08. The van der Waals surface area contributed by atoms with Crippen LogP contribution in [0.15, 0.2) is 21.7 Å². The maximum Gasteiger partial charge on any atom is 0.264 e. The molecule has 1 fully saturated rings. The maximum atomic E-state index is 12.4. The molecule has 3 aromatic rings. The molecule has 0 unspecified atom stereocenters. The van der Waals surface area contributed by atoms with E-state index in [0.29, 0.717) is 28.4 Å². The molecule has 0 radical (unpaired) electrons. The zero-order chi connectivity index (χ0) is 13.7. The van der Waals surface area contributed by atoms with Crippen LogP contribution in [-0.2, 0) is 6.54 Å². The van der Waals surface area contributed by atoms with Crippen molar-refractivity contribution in [2.75, 3.05) is 0 Å². The molecule has 102 valence electrons. The Kier molecular flexibility index (Phi) is 2.50. The Morgan fingerprint density at radius 3 is 3.15 bits per heavy atom. The molecule has 7 heteroatoms. The predicted molar refractivity (Wildman–Crippen MR) is 74.0 cm³/mol. The maximum absolute atomic E-state index is 12.4. The lowest BCUT2D eigenvalue weighted by atomic mass is 10.2. The van der Waals surface area contributed by atoms with Crippen LogP contribution >= 0.6 is 11.5 Å². The normalized spacial score (nSPS) is 15.1. The highest BCUT2D eigenvalue weighted by Crippen LogP contribution is 2.39. The lowest BCUT2D eigenvalue weighted by molar-refractivity contribution is 0.369. The number of hydrogen-bond donors (Lipinski definition) is 0. The van der Waals surface area contributed by atoms with Gasteiger partial charge in [0.25, 0.3) is 5.56 Å². The molecular weight excluding hydrogens is 276 g/mol. The third kappa shape index (κ3) is 1.85. The fourth-order valence-corrected chi connectivity index (χ4v) is 3.00. The molecule has 0 atom stereocenters. The standard InChI is InChI=1S/C13H12N4O2S/c1-7-11-12(20-16-7)14-6-17(13(11)18)5-9-4-10(15-19-9)8-2-3-8/h4,6,8H,2-3,5H2,1H3. The molecule has 3 aromatic heterocycles. The second-order valence-corrected chi connectivity index (χ2v) is 5.87. The molecule has 20 heavy (non-hydrogen) atoms. The molecule has 0 bridgehead atoms. The molecule has 3 heterocycles. The van der Waals surface area contributed by atoms with Gasteiger partial charge in [0.2, 0.25) is 0 Å². The quantitative estimate of drug-likeness (QED) is 0.737. The van der Waals surface area contributed by atoms with Crippen molar-refractivity contribution in [3.63, 3.8) is 0 Å². The smallest absolute Gasteiger partial charge is 0.264 e. The minimum atomic E-state index is -0.0781. The van der Waals surface area contributed by atoms with Crippen molar-refractivity contribution in [1.82, 2.24) is 19.1 Å². The van der Waals surface area contributed by atoms with Crippen molar-refractivity contribution >= 4 is 21.7 Å². The molecule has 0 spiro atoms. The molecule has 6 nitrogen and oxygen atoms in total. The SMILES string of the molecule is Cc1nsc2ncn(Cc3cc(C4CC4)no3)c(=O)c12. The van der Waals surface area contributed by atoms with Gasteiger partial charge in [-0.05, 0) is 31.3 Å². The fourth-order valence-electron chi connectivity index (χ4n) is 2.27. The summed E-state index contributed by atoms with van der Waals surface area (Å²) in [7, 11) is 0. The first-order chi connectivity index (χ1) is 9.72. The van der Waals surface area contributed by atoms with Crippen LogP contribution in [0.4, 0.5) is 0 Å². The zero-order valence-electron chi connectivity index (χ0n) is 10.9. The van der Waals surface area contributed by atoms with Crippen LogP contribution in [0, 0.1) is 6.92 Å². The highest BCUT2D eigenvalue weighted by atomic mass is 32.1. The fraction of sp³-hybridized carbons (Fsp3) is 0.385. The molecule has 0 aliphatic heterocycles. The third-order valence-electron chi connectivity index (χ3n) is 3.53. The van der Waals surface area contributed by atoms with Gasteiger partial charge in [-0.15, -0.1) is 0 Å². The van der Waals surface area contributed by atoms with E-state index in [1.807, 2.05) is 13.0 Å². The van der Waals surface area contributed by atoms with E-state index in [2.05, 4.69) is 14.5 Å². The first kappa shape index (κ1) is 11.8. The number of fused-ring (bicyclic) bond motifs is 1. The number of rotatable bonds is 3. The Morgan fingerprint density at radius 1 is 1.50 bits per heavy atom. The Morgan fingerprint density at radius 2 is 2.35 bits per heavy atom. The molecule has 1 aliphatic carbocycles. The van der Waals surface area contributed by atoms with Crippen molar-refractivity contribution in [3.8, 4) is 0 Å². The van der Waals surface area contributed by atoms with Crippen LogP contribution in [0.25, 0.3) is 10.2 Å². The zero-order valence-corrected chi connectivity index (χ0v) is 11.7. The number of hydrogen-bond acceptors (Lipinski definition) is 6. The van der Waals surface area contributed by atoms with E-state index in [4.69, 9.17) is 4.52 Å². The Balaban J connectivity index is 1.72. The molecule has 0 aromatic carbocycles. The van der Waals surface area contributed by atoms with E-state index in [-0.39, 0.29) is 5.56 Å². The summed E-state index contributed by atoms with van der Waals surface area (Å²) in [4.78, 5) is 17.3. The van der Waals surface area contributed by atoms with Crippen molar-refractivity contribution in [3.05, 3.63) is 39.9 Å². The van der Waals surface area contributed by atoms with Crippen molar-refractivity contribution in [1.29, 1.82) is 0 Å². The second-order valence-electron chi connectivity index (χ2n) is 5.12. The first-order valence-corrected chi connectivity index (χ1v) is 7.26. The van der Waals surface area contributed by atoms with Crippen LogP contribution in [0.5, 0.6) is 0 Å². The number of nitrogens with zero attached hydrogens (tertiary/aromatic N) is 4. The van der Waals surface area contributed by atoms with Gasteiger partial charge in [0.15, 0.2) is 10.6 Å². The highest BCUT2D eigenvalue weighted by molar-refractivity contribution is 7.12. The van der Waals surface area contributed by atoms with Crippen LogP contribution < -0.4 is 5.56 Å². The van der Waals surface area contributed by atoms with E-state index in [1.54, 1.807) is 10.9 Å². The van der Waals surface area contributed by atoms with E-state index >= 15 is 0 Å². The van der Waals surface area contributed by atoms with Gasteiger partial charge in [0, 0.05) is 12.0 Å². The van der Waals surface area contributed by atoms with Gasteiger partial charge in [-0.25, -0.2) is 4.98 Å². The van der Waals surface area contributed by atoms with Gasteiger partial charge in [-0.1, -0.05) is 5.16 Å². The molecule has 0 saturated heterocycles. The molecule has 0 amide bonds. The molecule has 1 aliphatic rings. The summed E-state index contributed by atoms with van der Waals surface area (Å²) < 4.78 is 11.0. The van der Waals surface area contributed by atoms with E-state index in [9.17, 15) is 4.79 Å². The van der Waals surface area contributed by atoms with Gasteiger partial charge in [-0.2, -0.15) is 4.37 Å². The van der Waals surface area contributed by atoms with Gasteiger partial charge in [0.05, 0.1) is 29.6 Å². The Labute approximate surface area is 118 Å². The van der Waals surface area contributed by atoms with Gasteiger partial charge >= 0.3 is 0 Å². The van der Waals surface area contributed by atoms with Crippen LogP contribution in [0.3, 0.4) is 0 Å². The Hall–Kier alpha value is -2.02. The second kappa shape index (κ2) is 4.24. The van der Waals surface area contributed by atoms with Gasteiger partial charge < -0.3 is 4.52 Å². The molecule has 4 rings (SSSR count). The summed E-state index contributed by atoms with van der Waals surface area (Å²) in [6, 6.07) is 1.94. The van der Waals surface area contributed by atoms with Gasteiger partial charge in [-0.3, -0.25) is 9.36 Å². The average Bonchev–Trinajstić information content (AvgIpc) is 3.07. The summed E-state index contributed by atoms with van der Waals surface area (Å²) in [5.41, 5.74) is 1.65. The summed E-state index contributed by atoms with van der Waals surface area (Å²) in [5, 5.41) is 4.65. The van der Waals surface area contributed by atoms with E-state index in [1.165, 1.54) is 24.4 Å². The minimum Gasteiger partial charge on any atom is -0.359 e. The summed E-state index contributed by atoms with van der Waals surface area (Å²) in [5.74, 6) is 1.24. The minimum absolute atomic E-state index is 0.0781. The molecule has 1 saturated carbocycles. The van der Waals surface area contributed by atoms with Crippen LogP contribution in [-0.4, -0.2) is 19.1 Å². The number of aromatic nitrogens is 4. The summed E-state index contributed by atoms with van der Waals surface area (Å²) in [6.45, 7) is 2.18. The van der Waals surface area contributed by atoms with Crippen molar-refractivity contribution in [2.24, 2.45) is 0 Å². The molecule has 0 N–H and O–H groups in total. The van der Waals surface area contributed by atoms with Crippen LogP contribution in [0.1, 0.15) is 35.9 Å². The van der Waals surface area contributed by atoms with E-state index < -0.39 is 0 Å². The lowest BCUT2D eigenvalue weighted by Gasteiger charge is -2.01. The lowest BCUT2D eigenvalue weighted by Crippen LogP contribution is -2.20. The molecular formula is C13H12N4O2S. The van der Waals surface area contributed by atoms with Crippen LogP contribution in [0.2, 0.25) is 0 Å². The Bertz CT molecular complexity index is 844. The van der Waals surface area contributed by atoms with Gasteiger partial charge in [0.1, 0.15) is 0 Å². The topological polar surface area (TPSA) is 73.8 Å². The van der Waals surface area contributed by atoms with Crippen molar-refractivity contribution in [2.45, 2.75) is 32.2 Å². The summed E-state index contributed by atoms with van der Waals surface area (Å²) in [6.07, 6.45) is 3.90. The van der Waals surface area contributed by atoms with E-state index in [0.717, 1.165) is 11.4 Å². The highest BCUT2D eigenvalue weighted by Gasteiger charge is 2.27. The summed E-state index contributed by atoms with van der Waals surface area (Å²) >= 11 is 1.25. The monoisotopic (exact) mass is 288 g/mol. The average molecular weight is 288 g/mol. The number of aryl methyl sites for hydroxylation is 1. The first-order valence-electron chi connectivity index (χ1n) is 6.49.